The number of rotatable bonds is 5. The van der Waals surface area contributed by atoms with Gasteiger partial charge in [0.25, 0.3) is 0 Å². The summed E-state index contributed by atoms with van der Waals surface area (Å²) in [6.45, 7) is 1.24. The standard InChI is InChI=1S/C16H15F3N2O3S/c1-11(15(22)20-12-7-3-2-4-8-12)21-25(23,24)14-10-6-5-9-13(14)16(17,18)19/h2-11,21H,1H3,(H,20,22)/t11-/m0/s1. The summed E-state index contributed by atoms with van der Waals surface area (Å²) < 4.78 is 65.5. The fourth-order valence-electron chi connectivity index (χ4n) is 2.06. The Labute approximate surface area is 142 Å². The van der Waals surface area contributed by atoms with Crippen molar-refractivity contribution in [1.82, 2.24) is 4.72 Å². The van der Waals surface area contributed by atoms with Crippen molar-refractivity contribution in [2.75, 3.05) is 5.32 Å². The van der Waals surface area contributed by atoms with E-state index >= 15 is 0 Å². The summed E-state index contributed by atoms with van der Waals surface area (Å²) >= 11 is 0. The second-order valence-electron chi connectivity index (χ2n) is 5.19. The zero-order chi connectivity index (χ0) is 18.7. The molecule has 2 N–H and O–H groups in total. The number of hydrogen-bond donors (Lipinski definition) is 2. The third kappa shape index (κ3) is 4.80. The van der Waals surface area contributed by atoms with Crippen LogP contribution in [-0.4, -0.2) is 20.4 Å². The Bertz CT molecular complexity index is 852. The lowest BCUT2D eigenvalue weighted by Crippen LogP contribution is -2.42. The molecule has 2 aromatic carbocycles. The van der Waals surface area contributed by atoms with E-state index in [9.17, 15) is 26.4 Å². The number of para-hydroxylation sites is 1. The van der Waals surface area contributed by atoms with Gasteiger partial charge in [-0.1, -0.05) is 30.3 Å². The molecular formula is C16H15F3N2O3S. The zero-order valence-electron chi connectivity index (χ0n) is 13.0. The Kier molecular flexibility index (Phi) is 5.48. The quantitative estimate of drug-likeness (QED) is 0.847. The first-order chi connectivity index (χ1) is 11.6. The van der Waals surface area contributed by atoms with Crippen LogP contribution in [0.25, 0.3) is 0 Å². The van der Waals surface area contributed by atoms with E-state index in [0.717, 1.165) is 12.1 Å². The van der Waals surface area contributed by atoms with Crippen molar-refractivity contribution in [2.24, 2.45) is 0 Å². The van der Waals surface area contributed by atoms with Crippen molar-refractivity contribution in [1.29, 1.82) is 0 Å². The van der Waals surface area contributed by atoms with Gasteiger partial charge in [-0.15, -0.1) is 0 Å². The summed E-state index contributed by atoms with van der Waals surface area (Å²) in [6, 6.07) is 10.8. The number of nitrogens with one attached hydrogen (secondary N) is 2. The van der Waals surface area contributed by atoms with Gasteiger partial charge in [0.05, 0.1) is 16.5 Å². The van der Waals surface area contributed by atoms with E-state index in [1.54, 1.807) is 30.3 Å². The molecule has 0 aromatic heterocycles. The van der Waals surface area contributed by atoms with Crippen LogP contribution in [0.1, 0.15) is 12.5 Å². The first kappa shape index (κ1) is 18.9. The SMILES string of the molecule is C[C@H](NS(=O)(=O)c1ccccc1C(F)(F)F)C(=O)Nc1ccccc1. The summed E-state index contributed by atoms with van der Waals surface area (Å²) in [6.07, 6.45) is -4.83. The first-order valence-corrected chi connectivity index (χ1v) is 8.64. The van der Waals surface area contributed by atoms with Crippen molar-refractivity contribution in [3.63, 3.8) is 0 Å². The number of hydrogen-bond acceptors (Lipinski definition) is 3. The number of anilines is 1. The average molecular weight is 372 g/mol. The highest BCUT2D eigenvalue weighted by Gasteiger charge is 2.37. The minimum Gasteiger partial charge on any atom is -0.325 e. The summed E-state index contributed by atoms with van der Waals surface area (Å²) in [4.78, 5) is 11.1. The monoisotopic (exact) mass is 372 g/mol. The summed E-state index contributed by atoms with van der Waals surface area (Å²) in [5.41, 5.74) is -0.854. The average Bonchev–Trinajstić information content (AvgIpc) is 2.54. The molecule has 2 aromatic rings. The van der Waals surface area contributed by atoms with Gasteiger partial charge >= 0.3 is 6.18 Å². The molecular weight excluding hydrogens is 357 g/mol. The minimum absolute atomic E-state index is 0.439. The highest BCUT2D eigenvalue weighted by atomic mass is 32.2. The van der Waals surface area contributed by atoms with Crippen LogP contribution in [0.4, 0.5) is 18.9 Å². The Morgan fingerprint density at radius 2 is 1.56 bits per heavy atom. The van der Waals surface area contributed by atoms with Crippen LogP contribution >= 0.6 is 0 Å². The third-order valence-corrected chi connectivity index (χ3v) is 4.85. The number of halogens is 3. The van der Waals surface area contributed by atoms with Crippen LogP contribution in [0.15, 0.2) is 59.5 Å². The van der Waals surface area contributed by atoms with Crippen molar-refractivity contribution < 1.29 is 26.4 Å². The molecule has 5 nitrogen and oxygen atoms in total. The summed E-state index contributed by atoms with van der Waals surface area (Å²) in [5, 5.41) is 2.47. The molecule has 134 valence electrons. The van der Waals surface area contributed by atoms with Crippen molar-refractivity contribution in [3.05, 3.63) is 60.2 Å². The molecule has 0 heterocycles. The molecule has 0 unspecified atom stereocenters. The van der Waals surface area contributed by atoms with Crippen LogP contribution in [0.3, 0.4) is 0 Å². The Balaban J connectivity index is 2.20. The highest BCUT2D eigenvalue weighted by Crippen LogP contribution is 2.33. The molecule has 1 amide bonds. The Hall–Kier alpha value is -2.39. The predicted molar refractivity (Wildman–Crippen MR) is 86.3 cm³/mol. The smallest absolute Gasteiger partial charge is 0.325 e. The maximum absolute atomic E-state index is 13.0. The van der Waals surface area contributed by atoms with Crippen LogP contribution in [0, 0.1) is 0 Å². The molecule has 2 rings (SSSR count). The number of carbonyl (C=O) groups is 1. The molecule has 1 atom stereocenters. The molecule has 0 fully saturated rings. The van der Waals surface area contributed by atoms with E-state index < -0.39 is 38.6 Å². The highest BCUT2D eigenvalue weighted by molar-refractivity contribution is 7.89. The van der Waals surface area contributed by atoms with Gasteiger partial charge in [-0.2, -0.15) is 17.9 Å². The minimum atomic E-state index is -4.83. The number of benzene rings is 2. The lowest BCUT2D eigenvalue weighted by Gasteiger charge is -2.17. The maximum Gasteiger partial charge on any atom is 0.417 e. The fourth-order valence-corrected chi connectivity index (χ4v) is 3.49. The number of sulfonamides is 1. The van der Waals surface area contributed by atoms with Crippen LogP contribution in [0.5, 0.6) is 0 Å². The Morgan fingerprint density at radius 1 is 1.00 bits per heavy atom. The predicted octanol–water partition coefficient (Wildman–Crippen LogP) is 3.01. The van der Waals surface area contributed by atoms with Crippen LogP contribution < -0.4 is 10.0 Å². The van der Waals surface area contributed by atoms with Crippen molar-refractivity contribution in [3.8, 4) is 0 Å². The lowest BCUT2D eigenvalue weighted by atomic mass is 10.2. The van der Waals surface area contributed by atoms with Gasteiger partial charge in [-0.3, -0.25) is 4.79 Å². The van der Waals surface area contributed by atoms with Gasteiger partial charge in [0, 0.05) is 5.69 Å². The molecule has 0 radical (unpaired) electrons. The third-order valence-electron chi connectivity index (χ3n) is 3.25. The van der Waals surface area contributed by atoms with Crippen molar-refractivity contribution >= 4 is 21.6 Å². The molecule has 0 saturated carbocycles. The van der Waals surface area contributed by atoms with Gasteiger partial charge in [0.2, 0.25) is 15.9 Å². The topological polar surface area (TPSA) is 75.3 Å². The zero-order valence-corrected chi connectivity index (χ0v) is 13.9. The maximum atomic E-state index is 13.0. The fraction of sp³-hybridized carbons (Fsp3) is 0.188. The van der Waals surface area contributed by atoms with E-state index in [4.69, 9.17) is 0 Å². The molecule has 0 aliphatic carbocycles. The first-order valence-electron chi connectivity index (χ1n) is 7.16. The number of alkyl halides is 3. The largest absolute Gasteiger partial charge is 0.417 e. The van der Waals surface area contributed by atoms with Gasteiger partial charge in [-0.25, -0.2) is 8.42 Å². The van der Waals surface area contributed by atoms with E-state index in [1.807, 2.05) is 4.72 Å². The molecule has 0 aliphatic heterocycles. The van der Waals surface area contributed by atoms with E-state index in [-0.39, 0.29) is 0 Å². The van der Waals surface area contributed by atoms with Gasteiger partial charge in [-0.05, 0) is 31.2 Å². The van der Waals surface area contributed by atoms with Gasteiger partial charge in [0.1, 0.15) is 0 Å². The molecule has 0 bridgehead atoms. The Morgan fingerprint density at radius 3 is 2.16 bits per heavy atom. The van der Waals surface area contributed by atoms with Crippen molar-refractivity contribution in [2.45, 2.75) is 24.0 Å². The lowest BCUT2D eigenvalue weighted by molar-refractivity contribution is -0.139. The van der Waals surface area contributed by atoms with E-state index in [2.05, 4.69) is 5.32 Å². The van der Waals surface area contributed by atoms with Gasteiger partial charge in [0.15, 0.2) is 0 Å². The number of amides is 1. The van der Waals surface area contributed by atoms with E-state index in [0.29, 0.717) is 11.8 Å². The molecule has 25 heavy (non-hydrogen) atoms. The van der Waals surface area contributed by atoms with E-state index in [1.165, 1.54) is 13.0 Å². The molecule has 0 spiro atoms. The molecule has 0 saturated heterocycles. The molecule has 0 aliphatic rings. The normalized spacial score (nSPS) is 13.3. The summed E-state index contributed by atoms with van der Waals surface area (Å²) in [5.74, 6) is -0.695. The number of carbonyl (C=O) groups excluding carboxylic acids is 1. The molecule has 9 heteroatoms. The second-order valence-corrected chi connectivity index (χ2v) is 6.87. The van der Waals surface area contributed by atoms with Crippen LogP contribution in [-0.2, 0) is 21.0 Å². The second kappa shape index (κ2) is 7.24. The summed E-state index contributed by atoms with van der Waals surface area (Å²) in [7, 11) is -4.54. The van der Waals surface area contributed by atoms with Gasteiger partial charge < -0.3 is 5.32 Å². The van der Waals surface area contributed by atoms with Crippen LogP contribution in [0.2, 0.25) is 0 Å².